The van der Waals surface area contributed by atoms with Gasteiger partial charge in [-0.1, -0.05) is 18.2 Å². The molecule has 8 nitrogen and oxygen atoms in total. The number of rotatable bonds is 8. The molecule has 0 radical (unpaired) electrons. The van der Waals surface area contributed by atoms with Crippen molar-refractivity contribution >= 4 is 11.7 Å². The van der Waals surface area contributed by atoms with Gasteiger partial charge in [-0.2, -0.15) is 0 Å². The van der Waals surface area contributed by atoms with E-state index in [1.807, 2.05) is 24.3 Å². The molecule has 1 fully saturated rings. The number of pyridine rings is 1. The van der Waals surface area contributed by atoms with Gasteiger partial charge in [-0.15, -0.1) is 0 Å². The SMILES string of the molecule is O=C(O)CC/C=C\CC1COC(c2ccc([N+](=O)[O-])cc2)OC1c1cccnc1. The number of carboxylic acids is 1. The van der Waals surface area contributed by atoms with Gasteiger partial charge in [0, 0.05) is 42.4 Å². The summed E-state index contributed by atoms with van der Waals surface area (Å²) in [6.07, 6.45) is 7.62. The molecule has 1 N–H and O–H groups in total. The highest BCUT2D eigenvalue weighted by Gasteiger charge is 2.33. The number of nitrogens with zero attached hydrogens (tertiary/aromatic N) is 2. The van der Waals surface area contributed by atoms with Crippen LogP contribution in [-0.2, 0) is 14.3 Å². The van der Waals surface area contributed by atoms with E-state index in [2.05, 4.69) is 4.98 Å². The summed E-state index contributed by atoms with van der Waals surface area (Å²) >= 11 is 0. The number of non-ortho nitro benzene ring substituents is 1. The lowest BCUT2D eigenvalue weighted by Gasteiger charge is -2.36. The number of aliphatic carboxylic acids is 1. The summed E-state index contributed by atoms with van der Waals surface area (Å²) in [5, 5.41) is 19.6. The lowest BCUT2D eigenvalue weighted by atomic mass is 9.92. The molecule has 0 amide bonds. The fraction of sp³-hybridized carbons (Fsp3) is 0.333. The molecule has 1 aliphatic rings. The number of nitro groups is 1. The van der Waals surface area contributed by atoms with Crippen molar-refractivity contribution in [1.82, 2.24) is 4.98 Å². The zero-order valence-electron chi connectivity index (χ0n) is 15.7. The van der Waals surface area contributed by atoms with E-state index in [1.165, 1.54) is 12.1 Å². The second-order valence-electron chi connectivity index (χ2n) is 6.76. The number of carbonyl (C=O) groups is 1. The number of aromatic nitrogens is 1. The number of benzene rings is 1. The lowest BCUT2D eigenvalue weighted by Crippen LogP contribution is -2.30. The van der Waals surface area contributed by atoms with Crippen LogP contribution in [-0.4, -0.2) is 27.6 Å². The predicted molar refractivity (Wildman–Crippen MR) is 104 cm³/mol. The summed E-state index contributed by atoms with van der Waals surface area (Å²) in [7, 11) is 0. The first kappa shape index (κ1) is 20.6. The first-order valence-electron chi connectivity index (χ1n) is 9.32. The van der Waals surface area contributed by atoms with Crippen LogP contribution in [0.25, 0.3) is 0 Å². The number of hydrogen-bond acceptors (Lipinski definition) is 6. The summed E-state index contributed by atoms with van der Waals surface area (Å²) < 4.78 is 12.1. The van der Waals surface area contributed by atoms with Gasteiger partial charge in [0.2, 0.25) is 0 Å². The van der Waals surface area contributed by atoms with Crippen molar-refractivity contribution in [2.24, 2.45) is 5.92 Å². The molecule has 1 aromatic heterocycles. The monoisotopic (exact) mass is 398 g/mol. The first-order chi connectivity index (χ1) is 14.0. The molecule has 152 valence electrons. The van der Waals surface area contributed by atoms with Crippen LogP contribution in [0.5, 0.6) is 0 Å². The van der Waals surface area contributed by atoms with E-state index in [0.717, 1.165) is 5.56 Å². The third kappa shape index (κ3) is 5.69. The van der Waals surface area contributed by atoms with Crippen molar-refractivity contribution in [3.63, 3.8) is 0 Å². The van der Waals surface area contributed by atoms with Crippen LogP contribution in [0.3, 0.4) is 0 Å². The quantitative estimate of drug-likeness (QED) is 0.403. The average Bonchev–Trinajstić information content (AvgIpc) is 2.74. The fourth-order valence-electron chi connectivity index (χ4n) is 3.19. The van der Waals surface area contributed by atoms with Gasteiger partial charge < -0.3 is 14.6 Å². The molecule has 1 saturated heterocycles. The average molecular weight is 398 g/mol. The number of nitro benzene ring substituents is 1. The van der Waals surface area contributed by atoms with Crippen molar-refractivity contribution in [3.05, 3.63) is 82.2 Å². The Hall–Kier alpha value is -3.10. The van der Waals surface area contributed by atoms with Gasteiger partial charge in [0.1, 0.15) is 0 Å². The van der Waals surface area contributed by atoms with E-state index in [4.69, 9.17) is 14.6 Å². The minimum absolute atomic E-state index is 0.0118. The minimum Gasteiger partial charge on any atom is -0.481 e. The second kappa shape index (κ2) is 9.90. The maximum Gasteiger partial charge on any atom is 0.303 e. The van der Waals surface area contributed by atoms with Crippen molar-refractivity contribution in [1.29, 1.82) is 0 Å². The molecular weight excluding hydrogens is 376 g/mol. The van der Waals surface area contributed by atoms with Gasteiger partial charge in [-0.25, -0.2) is 0 Å². The van der Waals surface area contributed by atoms with E-state index in [1.54, 1.807) is 24.5 Å². The van der Waals surface area contributed by atoms with Gasteiger partial charge in [0.25, 0.3) is 5.69 Å². The Morgan fingerprint density at radius 3 is 2.69 bits per heavy atom. The Kier molecular flexibility index (Phi) is 7.04. The van der Waals surface area contributed by atoms with Crippen molar-refractivity contribution in [2.75, 3.05) is 6.61 Å². The Labute approximate surface area is 167 Å². The molecule has 29 heavy (non-hydrogen) atoms. The van der Waals surface area contributed by atoms with E-state index >= 15 is 0 Å². The third-order valence-corrected chi connectivity index (χ3v) is 4.68. The van der Waals surface area contributed by atoms with Gasteiger partial charge in [-0.05, 0) is 36.6 Å². The van der Waals surface area contributed by atoms with Crippen molar-refractivity contribution in [2.45, 2.75) is 31.7 Å². The van der Waals surface area contributed by atoms with Crippen molar-refractivity contribution < 1.29 is 24.3 Å². The molecule has 8 heteroatoms. The summed E-state index contributed by atoms with van der Waals surface area (Å²) in [5.74, 6) is -0.785. The Morgan fingerprint density at radius 2 is 2.03 bits per heavy atom. The Morgan fingerprint density at radius 1 is 1.24 bits per heavy atom. The highest BCUT2D eigenvalue weighted by atomic mass is 16.7. The molecule has 0 bridgehead atoms. The van der Waals surface area contributed by atoms with E-state index < -0.39 is 17.2 Å². The van der Waals surface area contributed by atoms with Crippen LogP contribution in [0.15, 0.2) is 60.9 Å². The summed E-state index contributed by atoms with van der Waals surface area (Å²) in [6.45, 7) is 0.435. The summed E-state index contributed by atoms with van der Waals surface area (Å²) in [4.78, 5) is 25.2. The van der Waals surface area contributed by atoms with Crippen LogP contribution in [0, 0.1) is 16.0 Å². The van der Waals surface area contributed by atoms with Gasteiger partial charge in [0.15, 0.2) is 6.29 Å². The molecule has 2 aromatic rings. The topological polar surface area (TPSA) is 112 Å². The lowest BCUT2D eigenvalue weighted by molar-refractivity contribution is -0.384. The predicted octanol–water partition coefficient (Wildman–Crippen LogP) is 4.20. The summed E-state index contributed by atoms with van der Waals surface area (Å²) in [6, 6.07) is 9.91. The number of ether oxygens (including phenoxy) is 2. The first-order valence-corrected chi connectivity index (χ1v) is 9.32. The van der Waals surface area contributed by atoms with Gasteiger partial charge >= 0.3 is 5.97 Å². The molecule has 1 aromatic carbocycles. The summed E-state index contributed by atoms with van der Waals surface area (Å²) in [5.41, 5.74) is 1.64. The molecule has 3 rings (SSSR count). The maximum atomic E-state index is 10.8. The van der Waals surface area contributed by atoms with E-state index in [0.29, 0.717) is 25.0 Å². The van der Waals surface area contributed by atoms with Gasteiger partial charge in [0.05, 0.1) is 17.6 Å². The van der Waals surface area contributed by atoms with E-state index in [-0.39, 0.29) is 24.1 Å². The van der Waals surface area contributed by atoms with Gasteiger partial charge in [-0.3, -0.25) is 19.9 Å². The second-order valence-corrected chi connectivity index (χ2v) is 6.76. The largest absolute Gasteiger partial charge is 0.481 e. The minimum atomic E-state index is -0.821. The van der Waals surface area contributed by atoms with Crippen LogP contribution >= 0.6 is 0 Å². The highest BCUT2D eigenvalue weighted by Crippen LogP contribution is 2.39. The number of hydrogen-bond donors (Lipinski definition) is 1. The standard InChI is InChI=1S/C21H22N2O6/c24-19(25)7-3-1-2-5-17-14-28-21(15-8-10-18(11-9-15)23(26)27)29-20(17)16-6-4-12-22-13-16/h1-2,4,6,8-13,17,20-21H,3,5,7,14H2,(H,24,25)/b2-1-. The fourth-order valence-corrected chi connectivity index (χ4v) is 3.19. The van der Waals surface area contributed by atoms with Crippen LogP contribution < -0.4 is 0 Å². The van der Waals surface area contributed by atoms with E-state index in [9.17, 15) is 14.9 Å². The smallest absolute Gasteiger partial charge is 0.303 e. The molecule has 2 heterocycles. The molecule has 0 aliphatic carbocycles. The maximum absolute atomic E-state index is 10.8. The zero-order valence-corrected chi connectivity index (χ0v) is 15.7. The number of allylic oxidation sites excluding steroid dienone is 2. The van der Waals surface area contributed by atoms with Crippen molar-refractivity contribution in [3.8, 4) is 0 Å². The molecule has 0 saturated carbocycles. The number of carboxylic acid groups (broad SMARTS) is 1. The zero-order chi connectivity index (χ0) is 20.6. The molecule has 3 atom stereocenters. The molecule has 3 unspecified atom stereocenters. The molecule has 1 aliphatic heterocycles. The highest BCUT2D eigenvalue weighted by molar-refractivity contribution is 5.66. The molecule has 0 spiro atoms. The Balaban J connectivity index is 1.71. The van der Waals surface area contributed by atoms with Crippen LogP contribution in [0.4, 0.5) is 5.69 Å². The third-order valence-electron chi connectivity index (χ3n) is 4.68. The van der Waals surface area contributed by atoms with Crippen LogP contribution in [0.1, 0.15) is 42.8 Å². The normalized spacial score (nSPS) is 21.9. The molecular formula is C21H22N2O6. The Bertz CT molecular complexity index is 853. The van der Waals surface area contributed by atoms with Crippen LogP contribution in [0.2, 0.25) is 0 Å².